The van der Waals surface area contributed by atoms with Gasteiger partial charge in [0.05, 0.1) is 5.54 Å². The molecule has 68 valence electrons. The Balaban J connectivity index is 2.58. The van der Waals surface area contributed by atoms with Crippen molar-refractivity contribution in [1.29, 1.82) is 0 Å². The summed E-state index contributed by atoms with van der Waals surface area (Å²) in [5.74, 6) is 3.48. The molecule has 0 heterocycles. The van der Waals surface area contributed by atoms with Crippen molar-refractivity contribution < 1.29 is 0 Å². The minimum absolute atomic E-state index is 0.129. The maximum Gasteiger partial charge on any atom is 0.0768 e. The summed E-state index contributed by atoms with van der Waals surface area (Å²) >= 11 is 5.72. The molecule has 0 aromatic carbocycles. The van der Waals surface area contributed by atoms with Gasteiger partial charge in [0.1, 0.15) is 0 Å². The average Bonchev–Trinajstić information content (AvgIpc) is 2.83. The fourth-order valence-electron chi connectivity index (χ4n) is 1.48. The van der Waals surface area contributed by atoms with Gasteiger partial charge < -0.3 is 0 Å². The molecule has 0 amide bonds. The molecule has 0 aromatic rings. The van der Waals surface area contributed by atoms with E-state index >= 15 is 0 Å². The summed E-state index contributed by atoms with van der Waals surface area (Å²) in [5, 5.41) is 0. The van der Waals surface area contributed by atoms with Crippen LogP contribution in [0.15, 0.2) is 0 Å². The third kappa shape index (κ3) is 2.15. The van der Waals surface area contributed by atoms with Crippen molar-refractivity contribution >= 4 is 11.6 Å². The minimum atomic E-state index is -0.129. The number of nitrogens with zero attached hydrogens (tertiary/aromatic N) is 1. The Labute approximate surface area is 80.1 Å². The molecule has 1 saturated carbocycles. The van der Waals surface area contributed by atoms with E-state index in [9.17, 15) is 0 Å². The normalized spacial score (nSPS) is 17.9. The molecule has 1 aliphatic carbocycles. The number of terminal acetylenes is 1. The van der Waals surface area contributed by atoms with E-state index in [-0.39, 0.29) is 5.54 Å². The van der Waals surface area contributed by atoms with E-state index in [2.05, 4.69) is 24.7 Å². The summed E-state index contributed by atoms with van der Waals surface area (Å²) in [6.45, 7) is 5.07. The molecular weight excluding hydrogens is 170 g/mol. The molecule has 0 aliphatic heterocycles. The standard InChI is InChI=1S/C10H16ClN/c1-4-10(2,3)12(8-7-11)9-5-6-9/h1,9H,5-8H2,2-3H3. The van der Waals surface area contributed by atoms with Crippen LogP contribution in [0, 0.1) is 12.3 Å². The zero-order valence-electron chi connectivity index (χ0n) is 7.81. The molecule has 1 fully saturated rings. The predicted molar refractivity (Wildman–Crippen MR) is 53.4 cm³/mol. The lowest BCUT2D eigenvalue weighted by atomic mass is 10.0. The Bertz CT molecular complexity index is 189. The van der Waals surface area contributed by atoms with Crippen molar-refractivity contribution in [2.24, 2.45) is 0 Å². The Morgan fingerprint density at radius 1 is 1.58 bits per heavy atom. The van der Waals surface area contributed by atoms with Gasteiger partial charge in [-0.05, 0) is 26.7 Å². The molecule has 0 radical (unpaired) electrons. The van der Waals surface area contributed by atoms with Gasteiger partial charge in [-0.1, -0.05) is 5.92 Å². The maximum absolute atomic E-state index is 5.72. The second-order valence-corrected chi connectivity index (χ2v) is 4.19. The first kappa shape index (κ1) is 9.89. The fraction of sp³-hybridized carbons (Fsp3) is 0.800. The van der Waals surface area contributed by atoms with Crippen LogP contribution < -0.4 is 0 Å². The quantitative estimate of drug-likeness (QED) is 0.479. The molecule has 1 aliphatic rings. The molecule has 0 aromatic heterocycles. The van der Waals surface area contributed by atoms with Crippen LogP contribution in [0.5, 0.6) is 0 Å². The van der Waals surface area contributed by atoms with Crippen molar-refractivity contribution in [3.05, 3.63) is 0 Å². The SMILES string of the molecule is C#CC(C)(C)N(CCCl)C1CC1. The zero-order valence-corrected chi connectivity index (χ0v) is 8.56. The van der Waals surface area contributed by atoms with Crippen LogP contribution in [0.1, 0.15) is 26.7 Å². The molecule has 12 heavy (non-hydrogen) atoms. The first-order valence-electron chi connectivity index (χ1n) is 4.42. The molecule has 0 bridgehead atoms. The summed E-state index contributed by atoms with van der Waals surface area (Å²) in [4.78, 5) is 2.33. The van der Waals surface area contributed by atoms with Crippen molar-refractivity contribution in [1.82, 2.24) is 4.90 Å². The van der Waals surface area contributed by atoms with Crippen LogP contribution in [0.25, 0.3) is 0 Å². The second kappa shape index (κ2) is 3.68. The fourth-order valence-corrected chi connectivity index (χ4v) is 1.66. The average molecular weight is 186 g/mol. The third-order valence-electron chi connectivity index (χ3n) is 2.38. The summed E-state index contributed by atoms with van der Waals surface area (Å²) in [6.07, 6.45) is 8.03. The largest absolute Gasteiger partial charge is 0.284 e. The van der Waals surface area contributed by atoms with Gasteiger partial charge in [-0.25, -0.2) is 0 Å². The van der Waals surface area contributed by atoms with Gasteiger partial charge in [-0.15, -0.1) is 18.0 Å². The number of alkyl halides is 1. The zero-order chi connectivity index (χ0) is 9.19. The number of hydrogen-bond acceptors (Lipinski definition) is 1. The van der Waals surface area contributed by atoms with Crippen LogP contribution in [-0.4, -0.2) is 28.9 Å². The Morgan fingerprint density at radius 2 is 2.17 bits per heavy atom. The van der Waals surface area contributed by atoms with Crippen molar-refractivity contribution in [3.63, 3.8) is 0 Å². The molecule has 0 spiro atoms. The molecule has 2 heteroatoms. The third-order valence-corrected chi connectivity index (χ3v) is 2.55. The maximum atomic E-state index is 5.72. The predicted octanol–water partition coefficient (Wildman–Crippen LogP) is 2.10. The Hall–Kier alpha value is -0.190. The Kier molecular flexibility index (Phi) is 3.04. The molecule has 0 atom stereocenters. The van der Waals surface area contributed by atoms with Crippen LogP contribution in [0.3, 0.4) is 0 Å². The number of hydrogen-bond donors (Lipinski definition) is 0. The smallest absolute Gasteiger partial charge is 0.0768 e. The lowest BCUT2D eigenvalue weighted by Crippen LogP contribution is -2.45. The van der Waals surface area contributed by atoms with E-state index in [0.29, 0.717) is 11.9 Å². The topological polar surface area (TPSA) is 3.24 Å². The lowest BCUT2D eigenvalue weighted by Gasteiger charge is -2.34. The number of rotatable bonds is 4. The summed E-state index contributed by atoms with van der Waals surface area (Å²) < 4.78 is 0. The van der Waals surface area contributed by atoms with Gasteiger partial charge in [-0.3, -0.25) is 4.90 Å². The summed E-state index contributed by atoms with van der Waals surface area (Å²) in [5.41, 5.74) is -0.129. The highest BCUT2D eigenvalue weighted by atomic mass is 35.5. The lowest BCUT2D eigenvalue weighted by molar-refractivity contribution is 0.170. The van der Waals surface area contributed by atoms with E-state index < -0.39 is 0 Å². The first-order chi connectivity index (χ1) is 5.61. The summed E-state index contributed by atoms with van der Waals surface area (Å²) in [7, 11) is 0. The van der Waals surface area contributed by atoms with Gasteiger partial charge in [0, 0.05) is 18.5 Å². The van der Waals surface area contributed by atoms with Crippen LogP contribution >= 0.6 is 11.6 Å². The van der Waals surface area contributed by atoms with E-state index in [4.69, 9.17) is 18.0 Å². The van der Waals surface area contributed by atoms with E-state index in [1.54, 1.807) is 0 Å². The molecular formula is C10H16ClN. The van der Waals surface area contributed by atoms with E-state index in [1.807, 2.05) is 0 Å². The molecule has 1 rings (SSSR count). The highest BCUT2D eigenvalue weighted by Crippen LogP contribution is 2.32. The van der Waals surface area contributed by atoms with Crippen molar-refractivity contribution in [2.45, 2.75) is 38.3 Å². The number of halogens is 1. The van der Waals surface area contributed by atoms with E-state index in [0.717, 1.165) is 6.54 Å². The van der Waals surface area contributed by atoms with Gasteiger partial charge in [0.25, 0.3) is 0 Å². The van der Waals surface area contributed by atoms with Gasteiger partial charge >= 0.3 is 0 Å². The van der Waals surface area contributed by atoms with Crippen LogP contribution in [0.2, 0.25) is 0 Å². The second-order valence-electron chi connectivity index (χ2n) is 3.82. The minimum Gasteiger partial charge on any atom is -0.284 e. The van der Waals surface area contributed by atoms with E-state index in [1.165, 1.54) is 12.8 Å². The monoisotopic (exact) mass is 185 g/mol. The molecule has 0 saturated heterocycles. The van der Waals surface area contributed by atoms with Crippen molar-refractivity contribution in [3.8, 4) is 12.3 Å². The molecule has 0 unspecified atom stereocenters. The van der Waals surface area contributed by atoms with Crippen molar-refractivity contribution in [2.75, 3.05) is 12.4 Å². The highest BCUT2D eigenvalue weighted by Gasteiger charge is 2.36. The molecule has 0 N–H and O–H groups in total. The van der Waals surface area contributed by atoms with Crippen LogP contribution in [-0.2, 0) is 0 Å². The Morgan fingerprint density at radius 3 is 2.50 bits per heavy atom. The van der Waals surface area contributed by atoms with Gasteiger partial charge in [0.2, 0.25) is 0 Å². The van der Waals surface area contributed by atoms with Gasteiger partial charge in [0.15, 0.2) is 0 Å². The van der Waals surface area contributed by atoms with Crippen LogP contribution in [0.4, 0.5) is 0 Å². The first-order valence-corrected chi connectivity index (χ1v) is 4.95. The highest BCUT2D eigenvalue weighted by molar-refractivity contribution is 6.18. The summed E-state index contributed by atoms with van der Waals surface area (Å²) in [6, 6.07) is 0.690. The van der Waals surface area contributed by atoms with Gasteiger partial charge in [-0.2, -0.15) is 0 Å². The molecule has 1 nitrogen and oxygen atoms in total.